The molecule has 2 amide bonds. The zero-order valence-corrected chi connectivity index (χ0v) is 14.4. The monoisotopic (exact) mass is 355 g/mol. The van der Waals surface area contributed by atoms with E-state index in [0.29, 0.717) is 26.2 Å². The van der Waals surface area contributed by atoms with Gasteiger partial charge in [0.05, 0.1) is 31.9 Å². The number of piperazine rings is 1. The zero-order valence-electron chi connectivity index (χ0n) is 13.6. The molecule has 24 heavy (non-hydrogen) atoms. The summed E-state index contributed by atoms with van der Waals surface area (Å²) in [5.74, 6) is -0.636. The maximum absolute atomic E-state index is 12.5. The maximum atomic E-state index is 12.5. The van der Waals surface area contributed by atoms with Gasteiger partial charge in [0.25, 0.3) is 5.91 Å². The molecule has 1 fully saturated rings. The first-order valence-corrected chi connectivity index (χ1v) is 9.38. The van der Waals surface area contributed by atoms with E-state index in [4.69, 9.17) is 0 Å². The van der Waals surface area contributed by atoms with Gasteiger partial charge in [-0.2, -0.15) is 4.31 Å². The van der Waals surface area contributed by atoms with Gasteiger partial charge in [0.1, 0.15) is 0 Å². The number of carbonyl (C=O) groups excluding carboxylic acids is 2. The molecular weight excluding hydrogens is 332 g/mol. The van der Waals surface area contributed by atoms with Crippen molar-refractivity contribution >= 4 is 21.8 Å². The molecule has 1 heterocycles. The van der Waals surface area contributed by atoms with Gasteiger partial charge in [-0.1, -0.05) is 30.3 Å². The normalized spacial score (nSPS) is 16.5. The van der Waals surface area contributed by atoms with Gasteiger partial charge in [0, 0.05) is 6.92 Å². The Morgan fingerprint density at radius 1 is 1.12 bits per heavy atom. The van der Waals surface area contributed by atoms with E-state index < -0.39 is 10.0 Å². The molecule has 0 radical (unpaired) electrons. The molecule has 132 valence electrons. The lowest BCUT2D eigenvalue weighted by atomic mass is 10.2. The van der Waals surface area contributed by atoms with Crippen LogP contribution in [0.3, 0.4) is 0 Å². The molecule has 1 aliphatic heterocycles. The number of benzene rings is 1. The Kier molecular flexibility index (Phi) is 6.29. The van der Waals surface area contributed by atoms with E-state index in [-0.39, 0.29) is 24.1 Å². The molecule has 0 unspecified atom stereocenters. The summed E-state index contributed by atoms with van der Waals surface area (Å²) < 4.78 is 26.4. The van der Waals surface area contributed by atoms with Crippen LogP contribution < -0.4 is 15.8 Å². The number of rotatable bonds is 5. The molecule has 0 bridgehead atoms. The average molecular weight is 355 g/mol. The molecule has 0 aromatic heterocycles. The van der Waals surface area contributed by atoms with Crippen LogP contribution in [0.25, 0.3) is 0 Å². The van der Waals surface area contributed by atoms with Crippen molar-refractivity contribution in [2.75, 3.05) is 32.7 Å². The van der Waals surface area contributed by atoms with Crippen molar-refractivity contribution in [3.05, 3.63) is 35.9 Å². The first kappa shape index (κ1) is 18.4. The largest absolute Gasteiger partial charge is 0.325 e. The van der Waals surface area contributed by atoms with Gasteiger partial charge >= 0.3 is 0 Å². The van der Waals surface area contributed by atoms with Gasteiger partial charge in [-0.15, -0.1) is 0 Å². The molecule has 0 aliphatic carbocycles. The smallest absolute Gasteiger partial charge is 0.293 e. The minimum absolute atomic E-state index is 0.00775. The standard InChI is InChI=1S/C15H22N4O4S/c1-13(20)16-17-15(21)11-18-7-9-19(10-8-18)24(22,23)12-14-5-3-2-4-6-14/h2-6H,7-12H2,1H3,(H,16,20)(H,17,21)/p+1. The van der Waals surface area contributed by atoms with Crippen LogP contribution in [-0.4, -0.2) is 57.3 Å². The van der Waals surface area contributed by atoms with E-state index in [2.05, 4.69) is 10.9 Å². The number of hydrogen-bond acceptors (Lipinski definition) is 4. The van der Waals surface area contributed by atoms with Gasteiger partial charge in [-0.3, -0.25) is 20.4 Å². The van der Waals surface area contributed by atoms with Crippen molar-refractivity contribution < 1.29 is 22.9 Å². The number of amides is 2. The van der Waals surface area contributed by atoms with Crippen molar-refractivity contribution in [2.24, 2.45) is 0 Å². The number of hydrogen-bond donors (Lipinski definition) is 3. The zero-order chi connectivity index (χ0) is 17.6. The van der Waals surface area contributed by atoms with Crippen LogP contribution >= 0.6 is 0 Å². The summed E-state index contributed by atoms with van der Waals surface area (Å²) in [5.41, 5.74) is 5.32. The number of hydrazine groups is 1. The molecule has 0 atom stereocenters. The first-order valence-electron chi connectivity index (χ1n) is 7.77. The molecule has 9 heteroatoms. The van der Waals surface area contributed by atoms with E-state index in [0.717, 1.165) is 10.5 Å². The summed E-state index contributed by atoms with van der Waals surface area (Å²) in [4.78, 5) is 23.4. The van der Waals surface area contributed by atoms with Crippen LogP contribution in [0.5, 0.6) is 0 Å². The van der Waals surface area contributed by atoms with Crippen molar-refractivity contribution in [1.82, 2.24) is 15.2 Å². The fourth-order valence-corrected chi connectivity index (χ4v) is 4.10. The highest BCUT2D eigenvalue weighted by Crippen LogP contribution is 2.10. The molecule has 1 saturated heterocycles. The first-order chi connectivity index (χ1) is 11.4. The quantitative estimate of drug-likeness (QED) is 0.526. The maximum Gasteiger partial charge on any atom is 0.293 e. The number of nitrogens with one attached hydrogen (secondary N) is 3. The van der Waals surface area contributed by atoms with Crippen molar-refractivity contribution in [1.29, 1.82) is 0 Å². The molecule has 1 aromatic rings. The molecule has 1 aliphatic rings. The molecule has 3 N–H and O–H groups in total. The van der Waals surface area contributed by atoms with Crippen LogP contribution in [0.15, 0.2) is 30.3 Å². The van der Waals surface area contributed by atoms with Crippen LogP contribution in [0.4, 0.5) is 0 Å². The summed E-state index contributed by atoms with van der Waals surface area (Å²) in [6.45, 7) is 3.40. The minimum atomic E-state index is -3.35. The minimum Gasteiger partial charge on any atom is -0.325 e. The molecule has 0 spiro atoms. The number of sulfonamides is 1. The van der Waals surface area contributed by atoms with Crippen LogP contribution in [-0.2, 0) is 25.4 Å². The summed E-state index contributed by atoms with van der Waals surface area (Å²) >= 11 is 0. The van der Waals surface area contributed by atoms with Crippen LogP contribution in [0, 0.1) is 0 Å². The van der Waals surface area contributed by atoms with Gasteiger partial charge in [0.15, 0.2) is 6.54 Å². The SMILES string of the molecule is CC(=O)NNC(=O)C[NH+]1CCN(S(=O)(=O)Cc2ccccc2)CC1. The summed E-state index contributed by atoms with van der Waals surface area (Å²) in [6.07, 6.45) is 0. The average Bonchev–Trinajstić information content (AvgIpc) is 2.54. The Labute approximate surface area is 141 Å². The van der Waals surface area contributed by atoms with Crippen molar-refractivity contribution in [2.45, 2.75) is 12.7 Å². The lowest BCUT2D eigenvalue weighted by molar-refractivity contribution is -0.895. The highest BCUT2D eigenvalue weighted by Gasteiger charge is 2.29. The molecular formula is C15H23N4O4S+. The highest BCUT2D eigenvalue weighted by molar-refractivity contribution is 7.88. The van der Waals surface area contributed by atoms with Gasteiger partial charge in [-0.05, 0) is 5.56 Å². The predicted molar refractivity (Wildman–Crippen MR) is 88.2 cm³/mol. The van der Waals surface area contributed by atoms with E-state index in [1.807, 2.05) is 18.2 Å². The molecule has 1 aromatic carbocycles. The second-order valence-corrected chi connectivity index (χ2v) is 7.77. The second kappa shape index (κ2) is 8.22. The molecule has 2 rings (SSSR count). The lowest BCUT2D eigenvalue weighted by Crippen LogP contribution is -3.16. The van der Waals surface area contributed by atoms with Gasteiger partial charge in [0.2, 0.25) is 15.9 Å². The number of quaternary nitrogens is 1. The predicted octanol–water partition coefficient (Wildman–Crippen LogP) is -2.12. The van der Waals surface area contributed by atoms with Crippen LogP contribution in [0.1, 0.15) is 12.5 Å². The Morgan fingerprint density at radius 3 is 2.33 bits per heavy atom. The lowest BCUT2D eigenvalue weighted by Gasteiger charge is -2.31. The third-order valence-electron chi connectivity index (χ3n) is 3.80. The number of nitrogens with zero attached hydrogens (tertiary/aromatic N) is 1. The van der Waals surface area contributed by atoms with E-state index in [1.54, 1.807) is 12.1 Å². The van der Waals surface area contributed by atoms with Gasteiger partial charge in [-0.25, -0.2) is 8.42 Å². The fraction of sp³-hybridized carbons (Fsp3) is 0.467. The van der Waals surface area contributed by atoms with Crippen molar-refractivity contribution in [3.63, 3.8) is 0 Å². The Hall–Kier alpha value is -1.97. The van der Waals surface area contributed by atoms with E-state index >= 15 is 0 Å². The highest BCUT2D eigenvalue weighted by atomic mass is 32.2. The topological polar surface area (TPSA) is 100 Å². The Bertz CT molecular complexity index is 670. The fourth-order valence-electron chi connectivity index (χ4n) is 2.56. The third kappa shape index (κ3) is 5.59. The van der Waals surface area contributed by atoms with Crippen molar-refractivity contribution in [3.8, 4) is 0 Å². The van der Waals surface area contributed by atoms with Crippen LogP contribution in [0.2, 0.25) is 0 Å². The van der Waals surface area contributed by atoms with Gasteiger partial charge < -0.3 is 4.90 Å². The Morgan fingerprint density at radius 2 is 1.75 bits per heavy atom. The number of carbonyl (C=O) groups is 2. The van der Waals surface area contributed by atoms with E-state index in [1.165, 1.54) is 11.2 Å². The van der Waals surface area contributed by atoms with E-state index in [9.17, 15) is 18.0 Å². The summed E-state index contributed by atoms with van der Waals surface area (Å²) in [6, 6.07) is 9.09. The Balaban J connectivity index is 1.81. The molecule has 8 nitrogen and oxygen atoms in total. The second-order valence-electron chi connectivity index (χ2n) is 5.80. The summed E-state index contributed by atoms with van der Waals surface area (Å²) in [7, 11) is -3.35. The summed E-state index contributed by atoms with van der Waals surface area (Å²) in [5, 5.41) is 0. The molecule has 0 saturated carbocycles. The third-order valence-corrected chi connectivity index (χ3v) is 5.65.